The number of aromatic nitrogens is 2. The number of methoxy groups -OCH3 is 1. The van der Waals surface area contributed by atoms with Crippen LogP contribution in [-0.4, -0.2) is 51.0 Å². The first-order valence-electron chi connectivity index (χ1n) is 6.32. The molecule has 1 amide bonds. The Balaban J connectivity index is 2.19. The normalized spacial score (nSPS) is 19.1. The van der Waals surface area contributed by atoms with Crippen molar-refractivity contribution in [3.8, 4) is 0 Å². The van der Waals surface area contributed by atoms with Gasteiger partial charge in [0.05, 0.1) is 43.8 Å². The maximum Gasteiger partial charge on any atom is 0.407 e. The molecular formula is C12H18N4O4. The molecule has 2 rings (SSSR count). The second-order valence-corrected chi connectivity index (χ2v) is 4.84. The van der Waals surface area contributed by atoms with Crippen LogP contribution in [0.1, 0.15) is 19.5 Å². The molecule has 1 aliphatic rings. The summed E-state index contributed by atoms with van der Waals surface area (Å²) in [6.45, 7) is 4.25. The van der Waals surface area contributed by atoms with Crippen LogP contribution in [0.2, 0.25) is 0 Å². The summed E-state index contributed by atoms with van der Waals surface area (Å²) in [5, 5.41) is 16.4. The monoisotopic (exact) mass is 282 g/mol. The van der Waals surface area contributed by atoms with E-state index < -0.39 is 12.1 Å². The summed E-state index contributed by atoms with van der Waals surface area (Å²) >= 11 is 0. The zero-order valence-corrected chi connectivity index (χ0v) is 11.7. The highest BCUT2D eigenvalue weighted by Gasteiger charge is 2.29. The van der Waals surface area contributed by atoms with Gasteiger partial charge in [-0.25, -0.2) is 9.59 Å². The minimum Gasteiger partial charge on any atom is -0.467 e. The van der Waals surface area contributed by atoms with Gasteiger partial charge in [-0.15, -0.1) is 0 Å². The Morgan fingerprint density at radius 1 is 1.60 bits per heavy atom. The van der Waals surface area contributed by atoms with Gasteiger partial charge >= 0.3 is 12.1 Å². The molecule has 2 heterocycles. The van der Waals surface area contributed by atoms with Crippen LogP contribution in [0, 0.1) is 0 Å². The fourth-order valence-electron chi connectivity index (χ4n) is 2.25. The van der Waals surface area contributed by atoms with Crippen molar-refractivity contribution < 1.29 is 19.4 Å². The maximum absolute atomic E-state index is 11.4. The van der Waals surface area contributed by atoms with Crippen molar-refractivity contribution in [2.45, 2.75) is 39.0 Å². The van der Waals surface area contributed by atoms with Gasteiger partial charge in [-0.2, -0.15) is 5.10 Å². The van der Waals surface area contributed by atoms with Crippen LogP contribution < -0.4 is 5.32 Å². The van der Waals surface area contributed by atoms with E-state index in [-0.39, 0.29) is 18.6 Å². The third kappa shape index (κ3) is 2.54. The second-order valence-electron chi connectivity index (χ2n) is 4.84. The molecule has 0 saturated heterocycles. The zero-order valence-electron chi connectivity index (χ0n) is 11.7. The number of nitrogens with one attached hydrogen (secondary N) is 1. The van der Waals surface area contributed by atoms with Gasteiger partial charge in [0.1, 0.15) is 6.04 Å². The Bertz CT molecular complexity index is 528. The Labute approximate surface area is 116 Å². The number of ether oxygens (including phenoxy) is 1. The van der Waals surface area contributed by atoms with Crippen molar-refractivity contribution in [3.05, 3.63) is 11.9 Å². The number of carbonyl (C=O) groups excluding carboxylic acids is 1. The average Bonchev–Trinajstić information content (AvgIpc) is 2.78. The fourth-order valence-corrected chi connectivity index (χ4v) is 2.25. The highest BCUT2D eigenvalue weighted by molar-refractivity contribution is 5.79. The summed E-state index contributed by atoms with van der Waals surface area (Å²) in [7, 11) is 1.32. The lowest BCUT2D eigenvalue weighted by Gasteiger charge is -2.32. The van der Waals surface area contributed by atoms with Gasteiger partial charge in [0.2, 0.25) is 0 Å². The number of rotatable bonds is 3. The number of carboxylic acid groups (broad SMARTS) is 1. The summed E-state index contributed by atoms with van der Waals surface area (Å²) in [6.07, 6.45) is 0.643. The molecule has 2 atom stereocenters. The molecule has 2 N–H and O–H groups in total. The molecular weight excluding hydrogens is 264 g/mol. The van der Waals surface area contributed by atoms with Crippen molar-refractivity contribution in [1.29, 1.82) is 0 Å². The molecule has 0 fully saturated rings. The van der Waals surface area contributed by atoms with Gasteiger partial charge in [-0.1, -0.05) is 0 Å². The van der Waals surface area contributed by atoms with Crippen LogP contribution in [0.25, 0.3) is 0 Å². The molecule has 1 aliphatic heterocycles. The SMILES string of the molecule is COC(=O)C(C)Nc1cnn2c1CN(C(=O)O)[C@@H](C)C2. The lowest BCUT2D eigenvalue weighted by atomic mass is 10.2. The number of anilines is 1. The number of nitrogens with zero attached hydrogens (tertiary/aromatic N) is 3. The number of fused-ring (bicyclic) bond motifs is 1. The lowest BCUT2D eigenvalue weighted by molar-refractivity contribution is -0.141. The molecule has 0 aliphatic carbocycles. The predicted octanol–water partition coefficient (Wildman–Crippen LogP) is 0.739. The highest BCUT2D eigenvalue weighted by atomic mass is 16.5. The van der Waals surface area contributed by atoms with Gasteiger partial charge in [0.15, 0.2) is 0 Å². The fraction of sp³-hybridized carbons (Fsp3) is 0.583. The van der Waals surface area contributed by atoms with Crippen molar-refractivity contribution in [1.82, 2.24) is 14.7 Å². The summed E-state index contributed by atoms with van der Waals surface area (Å²) < 4.78 is 6.41. The van der Waals surface area contributed by atoms with Crippen LogP contribution in [0.5, 0.6) is 0 Å². The number of hydrogen-bond donors (Lipinski definition) is 2. The minimum absolute atomic E-state index is 0.134. The lowest BCUT2D eigenvalue weighted by Crippen LogP contribution is -2.44. The van der Waals surface area contributed by atoms with E-state index in [4.69, 9.17) is 0 Å². The smallest absolute Gasteiger partial charge is 0.407 e. The molecule has 0 radical (unpaired) electrons. The first kappa shape index (κ1) is 14.2. The van der Waals surface area contributed by atoms with E-state index in [1.807, 2.05) is 6.92 Å². The summed E-state index contributed by atoms with van der Waals surface area (Å²) in [4.78, 5) is 24.0. The van der Waals surface area contributed by atoms with Gasteiger partial charge in [-0.05, 0) is 13.8 Å². The molecule has 1 aromatic rings. The molecule has 0 bridgehead atoms. The quantitative estimate of drug-likeness (QED) is 0.794. The van der Waals surface area contributed by atoms with E-state index in [0.29, 0.717) is 12.2 Å². The Morgan fingerprint density at radius 3 is 2.90 bits per heavy atom. The van der Waals surface area contributed by atoms with E-state index in [0.717, 1.165) is 5.69 Å². The van der Waals surface area contributed by atoms with Gasteiger partial charge in [0, 0.05) is 0 Å². The second kappa shape index (κ2) is 5.40. The Kier molecular flexibility index (Phi) is 3.82. The third-order valence-electron chi connectivity index (χ3n) is 3.41. The highest BCUT2D eigenvalue weighted by Crippen LogP contribution is 2.24. The molecule has 8 nitrogen and oxygen atoms in total. The van der Waals surface area contributed by atoms with E-state index in [1.165, 1.54) is 12.0 Å². The van der Waals surface area contributed by atoms with Crippen molar-refractivity contribution in [3.63, 3.8) is 0 Å². The van der Waals surface area contributed by atoms with E-state index >= 15 is 0 Å². The van der Waals surface area contributed by atoms with Crippen molar-refractivity contribution in [2.24, 2.45) is 0 Å². The molecule has 8 heteroatoms. The summed E-state index contributed by atoms with van der Waals surface area (Å²) in [6, 6.07) is -0.655. The van der Waals surface area contributed by atoms with Gasteiger partial charge < -0.3 is 15.2 Å². The van der Waals surface area contributed by atoms with E-state index in [2.05, 4.69) is 15.2 Å². The summed E-state index contributed by atoms with van der Waals surface area (Å²) in [5.41, 5.74) is 1.40. The predicted molar refractivity (Wildman–Crippen MR) is 70.4 cm³/mol. The van der Waals surface area contributed by atoms with Crippen molar-refractivity contribution in [2.75, 3.05) is 12.4 Å². The van der Waals surface area contributed by atoms with E-state index in [9.17, 15) is 14.7 Å². The standard InChI is InChI=1S/C12H18N4O4/c1-7-5-16-10(6-15(7)12(18)19)9(4-13-16)14-8(2)11(17)20-3/h4,7-8,14H,5-6H2,1-3H3,(H,18,19)/t7-,8?/m0/s1. The molecule has 20 heavy (non-hydrogen) atoms. The maximum atomic E-state index is 11.4. The molecule has 1 aromatic heterocycles. The van der Waals surface area contributed by atoms with Gasteiger partial charge in [0.25, 0.3) is 0 Å². The van der Waals surface area contributed by atoms with Crippen LogP contribution in [0.3, 0.4) is 0 Å². The zero-order chi connectivity index (χ0) is 14.9. The Hall–Kier alpha value is -2.25. The minimum atomic E-state index is -0.961. The summed E-state index contributed by atoms with van der Waals surface area (Å²) in [5.74, 6) is -0.385. The topological polar surface area (TPSA) is 96.7 Å². The van der Waals surface area contributed by atoms with Crippen molar-refractivity contribution >= 4 is 17.7 Å². The molecule has 0 saturated carbocycles. The largest absolute Gasteiger partial charge is 0.467 e. The average molecular weight is 282 g/mol. The Morgan fingerprint density at radius 2 is 2.30 bits per heavy atom. The van der Waals surface area contributed by atoms with Crippen LogP contribution >= 0.6 is 0 Å². The first-order valence-corrected chi connectivity index (χ1v) is 6.32. The number of hydrogen-bond acceptors (Lipinski definition) is 5. The van der Waals surface area contributed by atoms with E-state index in [1.54, 1.807) is 17.8 Å². The van der Waals surface area contributed by atoms with Crippen LogP contribution in [-0.2, 0) is 22.6 Å². The van der Waals surface area contributed by atoms with Crippen LogP contribution in [0.4, 0.5) is 10.5 Å². The number of carbonyl (C=O) groups is 2. The number of esters is 1. The first-order chi connectivity index (χ1) is 9.43. The van der Waals surface area contributed by atoms with Crippen LogP contribution in [0.15, 0.2) is 6.20 Å². The van der Waals surface area contributed by atoms with Gasteiger partial charge in [-0.3, -0.25) is 9.58 Å². The molecule has 1 unspecified atom stereocenters. The molecule has 0 aromatic carbocycles. The third-order valence-corrected chi connectivity index (χ3v) is 3.41. The number of amides is 1. The molecule has 110 valence electrons. The molecule has 0 spiro atoms.